The van der Waals surface area contributed by atoms with Crippen LogP contribution in [0.1, 0.15) is 30.5 Å². The zero-order valence-electron chi connectivity index (χ0n) is 15.9. The summed E-state index contributed by atoms with van der Waals surface area (Å²) in [5.41, 5.74) is 1.89. The second-order valence-electron chi connectivity index (χ2n) is 6.76. The molecule has 4 rings (SSSR count). The normalized spacial score (nSPS) is 17.1. The Kier molecular flexibility index (Phi) is 5.89. The van der Waals surface area contributed by atoms with Crippen LogP contribution in [0.4, 0.5) is 5.82 Å². The third-order valence-corrected chi connectivity index (χ3v) is 4.82. The largest absolute Gasteiger partial charge is 0.383 e. The Hall–Kier alpha value is -2.84. The van der Waals surface area contributed by atoms with Crippen LogP contribution in [-0.4, -0.2) is 51.8 Å². The van der Waals surface area contributed by atoms with Crippen molar-refractivity contribution in [3.8, 4) is 11.4 Å². The number of pyridine rings is 2. The molecule has 4 heterocycles. The first-order valence-corrected chi connectivity index (χ1v) is 9.50. The Morgan fingerprint density at radius 3 is 3.00 bits per heavy atom. The van der Waals surface area contributed by atoms with Gasteiger partial charge in [-0.05, 0) is 43.7 Å². The number of anilines is 1. The molecule has 0 amide bonds. The smallest absolute Gasteiger partial charge is 0.244 e. The van der Waals surface area contributed by atoms with Crippen molar-refractivity contribution in [1.29, 1.82) is 0 Å². The van der Waals surface area contributed by atoms with Gasteiger partial charge < -0.3 is 14.6 Å². The molecule has 1 aliphatic heterocycles. The van der Waals surface area contributed by atoms with Crippen molar-refractivity contribution in [2.24, 2.45) is 0 Å². The molecule has 0 aliphatic carbocycles. The van der Waals surface area contributed by atoms with Crippen LogP contribution in [0, 0.1) is 0 Å². The lowest BCUT2D eigenvalue weighted by atomic mass is 10.2. The molecule has 8 nitrogen and oxygen atoms in total. The molecular formula is C20H24N6O2. The van der Waals surface area contributed by atoms with Crippen molar-refractivity contribution in [3.05, 3.63) is 54.3 Å². The summed E-state index contributed by atoms with van der Waals surface area (Å²) in [6, 6.07) is 9.97. The molecule has 1 aliphatic rings. The van der Waals surface area contributed by atoms with E-state index in [1.807, 2.05) is 36.5 Å². The number of hydrogen-bond donors (Lipinski definition) is 1. The van der Waals surface area contributed by atoms with Gasteiger partial charge in [0.25, 0.3) is 0 Å². The minimum absolute atomic E-state index is 0.131. The van der Waals surface area contributed by atoms with E-state index in [1.165, 1.54) is 0 Å². The lowest BCUT2D eigenvalue weighted by Gasteiger charge is -2.20. The van der Waals surface area contributed by atoms with E-state index in [0.717, 1.165) is 43.0 Å². The van der Waals surface area contributed by atoms with Gasteiger partial charge in [-0.3, -0.25) is 9.88 Å². The summed E-state index contributed by atoms with van der Waals surface area (Å²) in [5.74, 6) is 2.02. The highest BCUT2D eigenvalue weighted by atomic mass is 16.5. The third-order valence-electron chi connectivity index (χ3n) is 4.82. The number of ether oxygens (including phenoxy) is 1. The van der Waals surface area contributed by atoms with Crippen LogP contribution in [0.3, 0.4) is 0 Å². The molecule has 1 N–H and O–H groups in total. The average molecular weight is 380 g/mol. The quantitative estimate of drug-likeness (QED) is 0.597. The zero-order valence-corrected chi connectivity index (χ0v) is 15.9. The van der Waals surface area contributed by atoms with Gasteiger partial charge in [-0.15, -0.1) is 0 Å². The van der Waals surface area contributed by atoms with E-state index in [2.05, 4.69) is 30.3 Å². The van der Waals surface area contributed by atoms with Crippen LogP contribution in [0.25, 0.3) is 11.4 Å². The number of rotatable bonds is 8. The number of methoxy groups -OCH3 is 1. The molecule has 0 aromatic carbocycles. The summed E-state index contributed by atoms with van der Waals surface area (Å²) in [7, 11) is 1.67. The summed E-state index contributed by atoms with van der Waals surface area (Å²) >= 11 is 0. The standard InChI is InChI=1S/C20H24N6O2/c1-27-12-10-22-18-8-7-15(13-23-18)19-24-20(28-25-19)17-6-4-11-26(17)14-16-5-2-3-9-21-16/h2-3,5,7-9,13,17H,4,6,10-12,14H2,1H3,(H,22,23)/t17-/m1/s1. The molecule has 8 heteroatoms. The van der Waals surface area contributed by atoms with Crippen LogP contribution in [-0.2, 0) is 11.3 Å². The maximum absolute atomic E-state index is 5.60. The Morgan fingerprint density at radius 2 is 2.21 bits per heavy atom. The SMILES string of the molecule is COCCNc1ccc(-c2noc([C@H]3CCCN3Cc3ccccn3)n2)cn1. The fourth-order valence-electron chi connectivity index (χ4n) is 3.39. The third kappa shape index (κ3) is 4.35. The Labute approximate surface area is 164 Å². The second-order valence-corrected chi connectivity index (χ2v) is 6.76. The Bertz CT molecular complexity index is 868. The molecule has 0 bridgehead atoms. The maximum atomic E-state index is 5.60. The lowest BCUT2D eigenvalue weighted by Crippen LogP contribution is -2.23. The van der Waals surface area contributed by atoms with Gasteiger partial charge in [0.1, 0.15) is 5.82 Å². The van der Waals surface area contributed by atoms with Crippen molar-refractivity contribution in [1.82, 2.24) is 25.0 Å². The molecular weight excluding hydrogens is 356 g/mol. The summed E-state index contributed by atoms with van der Waals surface area (Å²) in [5, 5.41) is 7.36. The van der Waals surface area contributed by atoms with Gasteiger partial charge >= 0.3 is 0 Å². The van der Waals surface area contributed by atoms with Crippen LogP contribution >= 0.6 is 0 Å². The second kappa shape index (κ2) is 8.90. The highest BCUT2D eigenvalue weighted by Gasteiger charge is 2.31. The minimum atomic E-state index is 0.131. The van der Waals surface area contributed by atoms with Crippen LogP contribution in [0.2, 0.25) is 0 Å². The first-order valence-electron chi connectivity index (χ1n) is 9.50. The fraction of sp³-hybridized carbons (Fsp3) is 0.400. The fourth-order valence-corrected chi connectivity index (χ4v) is 3.39. The molecule has 0 radical (unpaired) electrons. The highest BCUT2D eigenvalue weighted by Crippen LogP contribution is 2.33. The van der Waals surface area contributed by atoms with Crippen LogP contribution in [0.15, 0.2) is 47.2 Å². The number of nitrogens with one attached hydrogen (secondary N) is 1. The van der Waals surface area contributed by atoms with Crippen molar-refractivity contribution in [2.45, 2.75) is 25.4 Å². The van der Waals surface area contributed by atoms with Crippen LogP contribution in [0.5, 0.6) is 0 Å². The van der Waals surface area contributed by atoms with Gasteiger partial charge in [0.2, 0.25) is 11.7 Å². The Morgan fingerprint density at radius 1 is 1.25 bits per heavy atom. The van der Waals surface area contributed by atoms with Gasteiger partial charge in [-0.25, -0.2) is 4.98 Å². The average Bonchev–Trinajstić information content (AvgIpc) is 3.39. The summed E-state index contributed by atoms with van der Waals surface area (Å²) < 4.78 is 10.6. The van der Waals surface area contributed by atoms with E-state index in [9.17, 15) is 0 Å². The molecule has 0 spiro atoms. The minimum Gasteiger partial charge on any atom is -0.383 e. The van der Waals surface area contributed by atoms with Gasteiger partial charge in [0.05, 0.1) is 18.3 Å². The molecule has 0 unspecified atom stereocenters. The molecule has 3 aromatic rings. The molecule has 28 heavy (non-hydrogen) atoms. The first kappa shape index (κ1) is 18.5. The van der Waals surface area contributed by atoms with E-state index in [1.54, 1.807) is 13.3 Å². The van der Waals surface area contributed by atoms with Gasteiger partial charge in [0.15, 0.2) is 0 Å². The van der Waals surface area contributed by atoms with Crippen LogP contribution < -0.4 is 5.32 Å². The van der Waals surface area contributed by atoms with Crippen molar-refractivity contribution in [3.63, 3.8) is 0 Å². The molecule has 146 valence electrons. The van der Waals surface area contributed by atoms with Crippen molar-refractivity contribution >= 4 is 5.82 Å². The highest BCUT2D eigenvalue weighted by molar-refractivity contribution is 5.55. The van der Waals surface area contributed by atoms with E-state index in [-0.39, 0.29) is 6.04 Å². The number of nitrogens with zero attached hydrogens (tertiary/aromatic N) is 5. The number of hydrogen-bond acceptors (Lipinski definition) is 8. The molecule has 1 atom stereocenters. The van der Waals surface area contributed by atoms with E-state index < -0.39 is 0 Å². The van der Waals surface area contributed by atoms with E-state index >= 15 is 0 Å². The van der Waals surface area contributed by atoms with E-state index in [0.29, 0.717) is 24.9 Å². The summed E-state index contributed by atoms with van der Waals surface area (Å²) in [6.45, 7) is 3.13. The molecule has 1 saturated heterocycles. The number of likely N-dealkylation sites (tertiary alicyclic amines) is 1. The zero-order chi connectivity index (χ0) is 19.2. The lowest BCUT2D eigenvalue weighted by molar-refractivity contribution is 0.199. The van der Waals surface area contributed by atoms with Gasteiger partial charge in [-0.2, -0.15) is 4.98 Å². The topological polar surface area (TPSA) is 89.2 Å². The number of aromatic nitrogens is 4. The molecule has 3 aromatic heterocycles. The maximum Gasteiger partial charge on any atom is 0.244 e. The first-order chi connectivity index (χ1) is 13.8. The Balaban J connectivity index is 1.43. The van der Waals surface area contributed by atoms with Crippen molar-refractivity contribution in [2.75, 3.05) is 32.1 Å². The van der Waals surface area contributed by atoms with Crippen molar-refractivity contribution < 1.29 is 9.26 Å². The van der Waals surface area contributed by atoms with E-state index in [4.69, 9.17) is 9.26 Å². The van der Waals surface area contributed by atoms with Gasteiger partial charge in [-0.1, -0.05) is 11.2 Å². The summed E-state index contributed by atoms with van der Waals surface area (Å²) in [4.78, 5) is 15.8. The van der Waals surface area contributed by atoms with Gasteiger partial charge in [0, 0.05) is 38.2 Å². The molecule has 1 fully saturated rings. The predicted molar refractivity (Wildman–Crippen MR) is 105 cm³/mol. The predicted octanol–water partition coefficient (Wildman–Crippen LogP) is 2.92. The molecule has 0 saturated carbocycles. The monoisotopic (exact) mass is 380 g/mol. The summed E-state index contributed by atoms with van der Waals surface area (Å²) in [6.07, 6.45) is 5.70.